The third-order valence-corrected chi connectivity index (χ3v) is 8.33. The van der Waals surface area contributed by atoms with Gasteiger partial charge in [-0.3, -0.25) is 14.5 Å². The number of Topliss-reactive ketones (excluding diaryl/α,β-unsaturated/α-hetero) is 1. The van der Waals surface area contributed by atoms with Gasteiger partial charge in [-0.15, -0.1) is 0 Å². The fourth-order valence-corrected chi connectivity index (χ4v) is 5.87. The molecule has 0 radical (unpaired) electrons. The normalized spacial score (nSPS) is 18.9. The van der Waals surface area contributed by atoms with E-state index in [0.29, 0.717) is 48.6 Å². The molecule has 2 aliphatic rings. The van der Waals surface area contributed by atoms with Crippen LogP contribution in [-0.4, -0.2) is 76.5 Å². The number of carbonyl (C=O) groups is 2. The van der Waals surface area contributed by atoms with Gasteiger partial charge in [0.15, 0.2) is 5.78 Å². The van der Waals surface area contributed by atoms with E-state index >= 15 is 0 Å². The minimum absolute atomic E-state index is 0.0836. The molecule has 3 aromatic heterocycles. The Morgan fingerprint density at radius 3 is 2.64 bits per heavy atom. The van der Waals surface area contributed by atoms with E-state index < -0.39 is 17.5 Å². The Bertz CT molecular complexity index is 1650. The summed E-state index contributed by atoms with van der Waals surface area (Å²) in [5, 5.41) is 6.17. The molecule has 2 fully saturated rings. The molecule has 0 bridgehead atoms. The number of hydrogen-bond acceptors (Lipinski definition) is 8. The van der Waals surface area contributed by atoms with Gasteiger partial charge >= 0.3 is 0 Å². The number of fused-ring (bicyclic) bond motifs is 1. The molecular weight excluding hydrogens is 582 g/mol. The molecule has 1 aliphatic heterocycles. The van der Waals surface area contributed by atoms with Crippen LogP contribution in [0.4, 0.5) is 20.3 Å². The maximum Gasteiger partial charge on any atom is 0.255 e. The second-order valence-electron chi connectivity index (χ2n) is 11.6. The summed E-state index contributed by atoms with van der Waals surface area (Å²) >= 11 is 0. The van der Waals surface area contributed by atoms with Gasteiger partial charge in [-0.25, -0.2) is 18.7 Å². The molecule has 0 spiro atoms. The molecule has 0 unspecified atom stereocenters. The first kappa shape index (κ1) is 30.6. The van der Waals surface area contributed by atoms with Crippen molar-refractivity contribution in [3.63, 3.8) is 0 Å². The number of hydrogen-bond donors (Lipinski definition) is 2. The van der Waals surface area contributed by atoms with Crippen LogP contribution in [0.2, 0.25) is 0 Å². The molecule has 1 amide bonds. The van der Waals surface area contributed by atoms with Gasteiger partial charge in [-0.2, -0.15) is 0 Å². The van der Waals surface area contributed by atoms with E-state index in [1.54, 1.807) is 6.20 Å². The number of nitrogens with zero attached hydrogens (tertiary/aromatic N) is 4. The molecule has 12 heteroatoms. The third kappa shape index (κ3) is 8.00. The predicted molar refractivity (Wildman–Crippen MR) is 164 cm³/mol. The molecule has 6 rings (SSSR count). The molecule has 1 aliphatic carbocycles. The number of amides is 1. The number of halogens is 2. The number of ether oxygens (including phenoxy) is 2. The van der Waals surface area contributed by atoms with Gasteiger partial charge in [0.2, 0.25) is 0 Å². The first-order chi connectivity index (χ1) is 21.9. The summed E-state index contributed by atoms with van der Waals surface area (Å²) in [5.41, 5.74) is 1.61. The van der Waals surface area contributed by atoms with E-state index in [2.05, 4.69) is 25.5 Å². The zero-order valence-corrected chi connectivity index (χ0v) is 24.9. The number of aromatic nitrogens is 3. The number of carbonyl (C=O) groups excluding carboxylic acids is 2. The largest absolute Gasteiger partial charge is 0.492 e. The van der Waals surface area contributed by atoms with E-state index in [0.717, 1.165) is 51.9 Å². The Labute approximate surface area is 259 Å². The van der Waals surface area contributed by atoms with Crippen molar-refractivity contribution in [3.05, 3.63) is 83.9 Å². The molecule has 1 saturated heterocycles. The van der Waals surface area contributed by atoms with Crippen LogP contribution >= 0.6 is 0 Å². The van der Waals surface area contributed by atoms with Crippen molar-refractivity contribution in [1.29, 1.82) is 0 Å². The Balaban J connectivity index is 1.01. The van der Waals surface area contributed by atoms with E-state index in [1.807, 2.05) is 24.3 Å². The predicted octanol–water partition coefficient (Wildman–Crippen LogP) is 5.02. The van der Waals surface area contributed by atoms with Crippen LogP contribution in [0, 0.1) is 17.6 Å². The number of ketones is 1. The van der Waals surface area contributed by atoms with Crippen LogP contribution in [0.5, 0.6) is 5.75 Å². The lowest BCUT2D eigenvalue weighted by Gasteiger charge is -2.29. The lowest BCUT2D eigenvalue weighted by atomic mass is 9.83. The monoisotopic (exact) mass is 618 g/mol. The zero-order chi connectivity index (χ0) is 31.2. The average molecular weight is 619 g/mol. The molecule has 4 heterocycles. The summed E-state index contributed by atoms with van der Waals surface area (Å²) < 4.78 is 40.6. The Morgan fingerprint density at radius 1 is 1.00 bits per heavy atom. The SMILES string of the molecule is O=C(CC1CCC(NC(=O)c2cc(F)cnc2Nc2cccc(OCCN3CCOCC3)c2)CC1)c1cn2cc(F)ccc2n1. The molecular formula is C33H36F2N6O4. The van der Waals surface area contributed by atoms with Crippen molar-refractivity contribution in [2.24, 2.45) is 5.92 Å². The van der Waals surface area contributed by atoms with Crippen molar-refractivity contribution in [3.8, 4) is 5.75 Å². The van der Waals surface area contributed by atoms with E-state index in [-0.39, 0.29) is 29.1 Å². The average Bonchev–Trinajstić information content (AvgIpc) is 3.47. The number of morpholine rings is 1. The lowest BCUT2D eigenvalue weighted by molar-refractivity contribution is 0.0322. The number of nitrogens with one attached hydrogen (secondary N) is 2. The maximum atomic E-state index is 14.2. The highest BCUT2D eigenvalue weighted by Crippen LogP contribution is 2.29. The van der Waals surface area contributed by atoms with Gasteiger partial charge in [0.05, 0.1) is 25.0 Å². The van der Waals surface area contributed by atoms with Crippen LogP contribution in [0.15, 0.2) is 61.1 Å². The highest BCUT2D eigenvalue weighted by Gasteiger charge is 2.27. The standard InChI is InChI=1S/C33H36F2N6O4/c34-23-6-9-31-39-29(21-41(31)20-23)30(42)16-22-4-7-25(8-5-22)38-33(43)28-17-24(35)19-36-32(28)37-26-2-1-3-27(18-26)45-15-12-40-10-13-44-14-11-40/h1-3,6,9,17-22,25H,4-5,7-8,10-16H2,(H,36,37)(H,38,43). The molecule has 0 atom stereocenters. The molecule has 10 nitrogen and oxygen atoms in total. The van der Waals surface area contributed by atoms with Gasteiger partial charge in [0, 0.05) is 56.2 Å². The fraction of sp³-hybridized carbons (Fsp3) is 0.394. The molecule has 4 aromatic rings. The second-order valence-corrected chi connectivity index (χ2v) is 11.6. The van der Waals surface area contributed by atoms with E-state index in [4.69, 9.17) is 9.47 Å². The minimum atomic E-state index is -0.609. The first-order valence-corrected chi connectivity index (χ1v) is 15.3. The summed E-state index contributed by atoms with van der Waals surface area (Å²) in [5.74, 6) is -0.437. The first-order valence-electron chi connectivity index (χ1n) is 15.3. The van der Waals surface area contributed by atoms with Gasteiger partial charge in [-0.05, 0) is 61.9 Å². The Kier molecular flexibility index (Phi) is 9.61. The fourth-order valence-electron chi connectivity index (χ4n) is 5.87. The number of pyridine rings is 2. The zero-order valence-electron chi connectivity index (χ0n) is 24.9. The van der Waals surface area contributed by atoms with E-state index in [9.17, 15) is 18.4 Å². The second kappa shape index (κ2) is 14.1. The van der Waals surface area contributed by atoms with Crippen LogP contribution in [0.3, 0.4) is 0 Å². The van der Waals surface area contributed by atoms with Crippen molar-refractivity contribution in [1.82, 2.24) is 24.6 Å². The van der Waals surface area contributed by atoms with Gasteiger partial charge < -0.3 is 24.5 Å². The van der Waals surface area contributed by atoms with E-state index in [1.165, 1.54) is 28.8 Å². The number of imidazole rings is 1. The Morgan fingerprint density at radius 2 is 1.82 bits per heavy atom. The van der Waals surface area contributed by atoms with Gasteiger partial charge in [-0.1, -0.05) is 6.07 Å². The highest BCUT2D eigenvalue weighted by atomic mass is 19.1. The van der Waals surface area contributed by atoms with Crippen molar-refractivity contribution < 1.29 is 27.8 Å². The minimum Gasteiger partial charge on any atom is -0.492 e. The molecule has 236 valence electrons. The maximum absolute atomic E-state index is 14.2. The molecule has 2 N–H and O–H groups in total. The number of benzene rings is 1. The summed E-state index contributed by atoms with van der Waals surface area (Å²) in [6.07, 6.45) is 7.15. The van der Waals surface area contributed by atoms with Crippen LogP contribution in [0.25, 0.3) is 5.65 Å². The summed E-state index contributed by atoms with van der Waals surface area (Å²) in [6.45, 7) is 4.58. The summed E-state index contributed by atoms with van der Waals surface area (Å²) in [6, 6.07) is 11.3. The molecule has 45 heavy (non-hydrogen) atoms. The third-order valence-electron chi connectivity index (χ3n) is 8.33. The Hall–Kier alpha value is -4.42. The van der Waals surface area contributed by atoms with Gasteiger partial charge in [0.1, 0.15) is 41.1 Å². The number of anilines is 2. The topological polar surface area (TPSA) is 110 Å². The lowest BCUT2D eigenvalue weighted by Crippen LogP contribution is -2.38. The highest BCUT2D eigenvalue weighted by molar-refractivity contribution is 5.99. The van der Waals surface area contributed by atoms with Crippen molar-refractivity contribution >= 4 is 28.8 Å². The molecule has 1 saturated carbocycles. The van der Waals surface area contributed by atoms with Crippen LogP contribution < -0.4 is 15.4 Å². The summed E-state index contributed by atoms with van der Waals surface area (Å²) in [7, 11) is 0. The quantitative estimate of drug-likeness (QED) is 0.226. The van der Waals surface area contributed by atoms with Gasteiger partial charge in [0.25, 0.3) is 5.91 Å². The number of rotatable bonds is 11. The summed E-state index contributed by atoms with van der Waals surface area (Å²) in [4.78, 5) is 36.9. The molecule has 1 aromatic carbocycles. The van der Waals surface area contributed by atoms with Crippen LogP contribution in [-0.2, 0) is 4.74 Å². The smallest absolute Gasteiger partial charge is 0.255 e. The van der Waals surface area contributed by atoms with Crippen molar-refractivity contribution in [2.75, 3.05) is 44.8 Å². The van der Waals surface area contributed by atoms with Crippen LogP contribution in [0.1, 0.15) is 53.0 Å². The van der Waals surface area contributed by atoms with Crippen molar-refractivity contribution in [2.45, 2.75) is 38.1 Å².